The van der Waals surface area contributed by atoms with Crippen molar-refractivity contribution in [2.24, 2.45) is 0 Å². The van der Waals surface area contributed by atoms with Crippen LogP contribution >= 0.6 is 0 Å². The van der Waals surface area contributed by atoms with Crippen molar-refractivity contribution in [3.8, 4) is 0 Å². The molecule has 0 aliphatic rings. The molecule has 0 bridgehead atoms. The van der Waals surface area contributed by atoms with Crippen LogP contribution in [0.1, 0.15) is 11.3 Å². The van der Waals surface area contributed by atoms with Crippen LogP contribution in [-0.2, 0) is 10.0 Å². The van der Waals surface area contributed by atoms with Crippen LogP contribution in [-0.4, -0.2) is 31.5 Å². The zero-order valence-electron chi connectivity index (χ0n) is 16.4. The van der Waals surface area contributed by atoms with Gasteiger partial charge in [0.1, 0.15) is 22.3 Å². The third-order valence-electron chi connectivity index (χ3n) is 4.06. The van der Waals surface area contributed by atoms with E-state index in [4.69, 9.17) is 0 Å². The molecule has 2 aromatic carbocycles. The Morgan fingerprint density at radius 3 is 2.40 bits per heavy atom. The summed E-state index contributed by atoms with van der Waals surface area (Å²) in [4.78, 5) is 7.87. The number of hydrogen-bond donors (Lipinski definition) is 3. The minimum atomic E-state index is -4.19. The Morgan fingerprint density at radius 2 is 1.67 bits per heavy atom. The molecule has 0 saturated heterocycles. The molecule has 7 nitrogen and oxygen atoms in total. The van der Waals surface area contributed by atoms with Gasteiger partial charge in [0.05, 0.1) is 0 Å². The minimum Gasteiger partial charge on any atom is -0.353 e. The van der Waals surface area contributed by atoms with Crippen molar-refractivity contribution in [2.45, 2.75) is 18.7 Å². The first kappa shape index (κ1) is 21.6. The second-order valence-corrected chi connectivity index (χ2v) is 8.34. The van der Waals surface area contributed by atoms with Crippen LogP contribution in [0.5, 0.6) is 0 Å². The van der Waals surface area contributed by atoms with Gasteiger partial charge in [-0.15, -0.1) is 0 Å². The van der Waals surface area contributed by atoms with Crippen molar-refractivity contribution in [3.05, 3.63) is 71.4 Å². The maximum Gasteiger partial charge on any atom is 0.243 e. The van der Waals surface area contributed by atoms with Crippen LogP contribution in [0.4, 0.5) is 26.2 Å². The fourth-order valence-electron chi connectivity index (χ4n) is 2.62. The topological polar surface area (TPSA) is 96.0 Å². The molecule has 0 aliphatic heterocycles. The fraction of sp³-hybridized carbons (Fsp3) is 0.200. The molecule has 10 heteroatoms. The highest BCUT2D eigenvalue weighted by Crippen LogP contribution is 2.18. The normalized spacial score (nSPS) is 11.3. The van der Waals surface area contributed by atoms with Crippen molar-refractivity contribution >= 4 is 27.5 Å². The van der Waals surface area contributed by atoms with Crippen LogP contribution in [0, 0.1) is 25.5 Å². The highest BCUT2D eigenvalue weighted by molar-refractivity contribution is 7.89. The van der Waals surface area contributed by atoms with Crippen LogP contribution in [0.25, 0.3) is 0 Å². The lowest BCUT2D eigenvalue weighted by atomic mass is 10.2. The molecular formula is C20H21F2N5O2S. The van der Waals surface area contributed by atoms with E-state index in [0.29, 0.717) is 23.5 Å². The number of aryl methyl sites for hydroxylation is 2. The Morgan fingerprint density at radius 1 is 0.933 bits per heavy atom. The van der Waals surface area contributed by atoms with Gasteiger partial charge < -0.3 is 10.6 Å². The quantitative estimate of drug-likeness (QED) is 0.471. The van der Waals surface area contributed by atoms with Gasteiger partial charge in [0, 0.05) is 30.5 Å². The predicted molar refractivity (Wildman–Crippen MR) is 111 cm³/mol. The molecule has 0 amide bonds. The SMILES string of the molecule is Cc1ccc(Nc2cc(C)nc(NCCNS(=O)(=O)c3cc(F)ccc3F)n2)cc1. The number of nitrogens with zero attached hydrogens (tertiary/aromatic N) is 2. The molecule has 3 rings (SSSR count). The van der Waals surface area contributed by atoms with Crippen molar-refractivity contribution in [2.75, 3.05) is 23.7 Å². The number of sulfonamides is 1. The molecule has 3 N–H and O–H groups in total. The van der Waals surface area contributed by atoms with E-state index in [2.05, 4.69) is 25.3 Å². The molecular weight excluding hydrogens is 412 g/mol. The summed E-state index contributed by atoms with van der Waals surface area (Å²) in [7, 11) is -4.19. The molecule has 0 fully saturated rings. The van der Waals surface area contributed by atoms with Crippen LogP contribution < -0.4 is 15.4 Å². The molecule has 0 aliphatic carbocycles. The van der Waals surface area contributed by atoms with Gasteiger partial charge in [-0.3, -0.25) is 0 Å². The zero-order chi connectivity index (χ0) is 21.7. The van der Waals surface area contributed by atoms with E-state index >= 15 is 0 Å². The van der Waals surface area contributed by atoms with E-state index < -0.39 is 26.6 Å². The number of aromatic nitrogens is 2. The Labute approximate surface area is 173 Å². The predicted octanol–water partition coefficient (Wildman–Crippen LogP) is 3.51. The van der Waals surface area contributed by atoms with E-state index in [1.54, 1.807) is 6.07 Å². The lowest BCUT2D eigenvalue weighted by Crippen LogP contribution is -2.30. The van der Waals surface area contributed by atoms with E-state index in [1.807, 2.05) is 38.1 Å². The smallest absolute Gasteiger partial charge is 0.243 e. The first-order chi connectivity index (χ1) is 14.2. The summed E-state index contributed by atoms with van der Waals surface area (Å²) in [6.07, 6.45) is 0. The largest absolute Gasteiger partial charge is 0.353 e. The van der Waals surface area contributed by atoms with Gasteiger partial charge in [0.2, 0.25) is 16.0 Å². The van der Waals surface area contributed by atoms with Crippen LogP contribution in [0.2, 0.25) is 0 Å². The molecule has 0 saturated carbocycles. The molecule has 0 spiro atoms. The Kier molecular flexibility index (Phi) is 6.58. The van der Waals surface area contributed by atoms with Crippen molar-refractivity contribution in [3.63, 3.8) is 0 Å². The molecule has 0 unspecified atom stereocenters. The fourth-order valence-corrected chi connectivity index (χ4v) is 3.74. The number of nitrogens with one attached hydrogen (secondary N) is 3. The molecule has 0 radical (unpaired) electrons. The molecule has 0 atom stereocenters. The number of hydrogen-bond acceptors (Lipinski definition) is 6. The second kappa shape index (κ2) is 9.14. The lowest BCUT2D eigenvalue weighted by molar-refractivity contribution is 0.546. The maximum absolute atomic E-state index is 13.7. The zero-order valence-corrected chi connectivity index (χ0v) is 17.2. The van der Waals surface area contributed by atoms with Crippen molar-refractivity contribution in [1.29, 1.82) is 0 Å². The Balaban J connectivity index is 1.60. The second-order valence-electron chi connectivity index (χ2n) is 6.61. The summed E-state index contributed by atoms with van der Waals surface area (Å²) in [5.41, 5.74) is 2.72. The Bertz CT molecular complexity index is 1140. The van der Waals surface area contributed by atoms with Gasteiger partial charge in [-0.2, -0.15) is 4.98 Å². The lowest BCUT2D eigenvalue weighted by Gasteiger charge is -2.11. The maximum atomic E-state index is 13.7. The number of halogens is 2. The molecule has 30 heavy (non-hydrogen) atoms. The molecule has 1 heterocycles. The third-order valence-corrected chi connectivity index (χ3v) is 5.54. The molecule has 158 valence electrons. The van der Waals surface area contributed by atoms with Gasteiger partial charge in [0.25, 0.3) is 0 Å². The standard InChI is InChI=1S/C20H21F2N5O2S/c1-13-3-6-16(7-4-13)26-19-11-14(2)25-20(27-19)23-9-10-24-30(28,29)18-12-15(21)5-8-17(18)22/h3-8,11-12,24H,9-10H2,1-2H3,(H2,23,25,26,27). The molecule has 3 aromatic rings. The van der Waals surface area contributed by atoms with Crippen LogP contribution in [0.15, 0.2) is 53.4 Å². The average Bonchev–Trinajstić information content (AvgIpc) is 2.68. The van der Waals surface area contributed by atoms with E-state index in [9.17, 15) is 17.2 Å². The summed E-state index contributed by atoms with van der Waals surface area (Å²) in [6, 6.07) is 11.9. The van der Waals surface area contributed by atoms with E-state index in [1.165, 1.54) is 0 Å². The first-order valence-electron chi connectivity index (χ1n) is 9.11. The summed E-state index contributed by atoms with van der Waals surface area (Å²) >= 11 is 0. The highest BCUT2D eigenvalue weighted by atomic mass is 32.2. The van der Waals surface area contributed by atoms with Crippen molar-refractivity contribution < 1.29 is 17.2 Å². The van der Waals surface area contributed by atoms with Crippen molar-refractivity contribution in [1.82, 2.24) is 14.7 Å². The van der Waals surface area contributed by atoms with E-state index in [-0.39, 0.29) is 13.1 Å². The van der Waals surface area contributed by atoms with Gasteiger partial charge in [-0.1, -0.05) is 17.7 Å². The third kappa shape index (κ3) is 5.71. The van der Waals surface area contributed by atoms with Gasteiger partial charge >= 0.3 is 0 Å². The van der Waals surface area contributed by atoms with E-state index in [0.717, 1.165) is 23.4 Å². The van der Waals surface area contributed by atoms with Gasteiger partial charge in [-0.05, 0) is 44.2 Å². The minimum absolute atomic E-state index is 0.0731. The van der Waals surface area contributed by atoms with Gasteiger partial charge in [0.15, 0.2) is 0 Å². The molecule has 1 aromatic heterocycles. The van der Waals surface area contributed by atoms with Crippen LogP contribution in [0.3, 0.4) is 0 Å². The van der Waals surface area contributed by atoms with Gasteiger partial charge in [-0.25, -0.2) is 26.9 Å². The first-order valence-corrected chi connectivity index (χ1v) is 10.6. The monoisotopic (exact) mass is 433 g/mol. The summed E-state index contributed by atoms with van der Waals surface area (Å²) < 4.78 is 53.5. The summed E-state index contributed by atoms with van der Waals surface area (Å²) in [5.74, 6) is -0.973. The summed E-state index contributed by atoms with van der Waals surface area (Å²) in [5, 5.41) is 6.09. The number of benzene rings is 2. The Hall–Kier alpha value is -3.11. The highest BCUT2D eigenvalue weighted by Gasteiger charge is 2.19. The number of anilines is 3. The summed E-state index contributed by atoms with van der Waals surface area (Å²) in [6.45, 7) is 3.88. The average molecular weight is 433 g/mol. The number of rotatable bonds is 8.